The van der Waals surface area contributed by atoms with Gasteiger partial charge in [-0.2, -0.15) is 0 Å². The van der Waals surface area contributed by atoms with Crippen molar-refractivity contribution in [2.24, 2.45) is 0 Å². The van der Waals surface area contributed by atoms with E-state index in [1.165, 1.54) is 29.7 Å². The Hall–Kier alpha value is -1.84. The molecule has 3 rings (SSSR count). The molecule has 0 aliphatic heterocycles. The predicted molar refractivity (Wildman–Crippen MR) is 105 cm³/mol. The number of furan rings is 1. The van der Waals surface area contributed by atoms with Crippen LogP contribution < -0.4 is 10.0 Å². The Bertz CT molecular complexity index is 1030. The van der Waals surface area contributed by atoms with Crippen molar-refractivity contribution in [3.05, 3.63) is 74.3 Å². The molecular weight excluding hydrogens is 431 g/mol. The van der Waals surface area contributed by atoms with Gasteiger partial charge in [-0.3, -0.25) is 4.79 Å². The van der Waals surface area contributed by atoms with Gasteiger partial charge in [0.15, 0.2) is 0 Å². The topological polar surface area (TPSA) is 88.4 Å². The van der Waals surface area contributed by atoms with E-state index in [-0.39, 0.29) is 27.0 Å². The maximum Gasteiger partial charge on any atom is 0.253 e. The van der Waals surface area contributed by atoms with Crippen molar-refractivity contribution < 1.29 is 17.6 Å². The highest BCUT2D eigenvalue weighted by Gasteiger charge is 2.23. The van der Waals surface area contributed by atoms with E-state index in [0.717, 1.165) is 4.88 Å². The highest BCUT2D eigenvalue weighted by atomic mass is 35.5. The van der Waals surface area contributed by atoms with Crippen LogP contribution in [0, 0.1) is 0 Å². The average molecular weight is 445 g/mol. The predicted octanol–water partition coefficient (Wildman–Crippen LogP) is 4.06. The second-order valence-electron chi connectivity index (χ2n) is 5.43. The fourth-order valence-electron chi connectivity index (χ4n) is 2.24. The Kier molecular flexibility index (Phi) is 6.23. The van der Waals surface area contributed by atoms with Crippen LogP contribution in [0.5, 0.6) is 0 Å². The van der Waals surface area contributed by atoms with Gasteiger partial charge in [0, 0.05) is 4.88 Å². The first-order chi connectivity index (χ1) is 12.9. The number of hydrogen-bond acceptors (Lipinski definition) is 5. The van der Waals surface area contributed by atoms with Crippen LogP contribution in [0.1, 0.15) is 21.0 Å². The summed E-state index contributed by atoms with van der Waals surface area (Å²) in [6.45, 7) is 0.266. The number of thiophene rings is 1. The lowest BCUT2D eigenvalue weighted by Crippen LogP contribution is -2.26. The third-order valence-corrected chi connectivity index (χ3v) is 6.63. The second-order valence-corrected chi connectivity index (χ2v) is 9.01. The van der Waals surface area contributed by atoms with Gasteiger partial charge in [-0.05, 0) is 35.7 Å². The van der Waals surface area contributed by atoms with Crippen molar-refractivity contribution in [2.45, 2.75) is 18.0 Å². The minimum absolute atomic E-state index is 0.0241. The maximum absolute atomic E-state index is 12.6. The molecule has 0 bridgehead atoms. The number of benzene rings is 1. The van der Waals surface area contributed by atoms with E-state index in [4.69, 9.17) is 27.6 Å². The molecule has 2 aromatic heterocycles. The molecule has 0 fully saturated rings. The molecule has 1 aromatic carbocycles. The van der Waals surface area contributed by atoms with Crippen LogP contribution in [0.3, 0.4) is 0 Å². The minimum Gasteiger partial charge on any atom is -0.468 e. The Labute approximate surface area is 170 Å². The van der Waals surface area contributed by atoms with E-state index in [0.29, 0.717) is 12.3 Å². The molecule has 0 unspecified atom stereocenters. The van der Waals surface area contributed by atoms with Crippen LogP contribution in [-0.2, 0) is 23.1 Å². The lowest BCUT2D eigenvalue weighted by atomic mass is 10.2. The Morgan fingerprint density at radius 2 is 1.93 bits per heavy atom. The summed E-state index contributed by atoms with van der Waals surface area (Å²) in [6, 6.07) is 9.44. The van der Waals surface area contributed by atoms with E-state index < -0.39 is 15.9 Å². The van der Waals surface area contributed by atoms with Gasteiger partial charge in [-0.25, -0.2) is 13.1 Å². The molecule has 0 aliphatic rings. The number of sulfonamides is 1. The molecule has 0 spiro atoms. The molecule has 6 nitrogen and oxygen atoms in total. The van der Waals surface area contributed by atoms with Crippen molar-refractivity contribution >= 4 is 50.5 Å². The van der Waals surface area contributed by atoms with Crippen LogP contribution in [0.15, 0.2) is 57.4 Å². The lowest BCUT2D eigenvalue weighted by Gasteiger charge is -2.11. The number of carbonyl (C=O) groups is 1. The first kappa shape index (κ1) is 19.9. The first-order valence-corrected chi connectivity index (χ1v) is 10.8. The summed E-state index contributed by atoms with van der Waals surface area (Å²) in [5, 5.41) is 4.59. The van der Waals surface area contributed by atoms with Crippen molar-refractivity contribution in [1.82, 2.24) is 10.0 Å². The quantitative estimate of drug-likeness (QED) is 0.574. The molecule has 0 aliphatic carbocycles. The highest BCUT2D eigenvalue weighted by Crippen LogP contribution is 2.29. The van der Waals surface area contributed by atoms with Crippen molar-refractivity contribution in [2.75, 3.05) is 0 Å². The summed E-state index contributed by atoms with van der Waals surface area (Å²) in [5.74, 6) is -0.0508. The summed E-state index contributed by atoms with van der Waals surface area (Å²) in [6.07, 6.45) is 1.44. The van der Waals surface area contributed by atoms with Crippen LogP contribution in [0.2, 0.25) is 10.0 Å². The molecule has 0 atom stereocenters. The number of carbonyl (C=O) groups excluding carboxylic acids is 1. The van der Waals surface area contributed by atoms with Gasteiger partial charge in [0.2, 0.25) is 10.0 Å². The maximum atomic E-state index is 12.6. The van der Waals surface area contributed by atoms with E-state index >= 15 is 0 Å². The summed E-state index contributed by atoms with van der Waals surface area (Å²) < 4.78 is 32.6. The second kappa shape index (κ2) is 8.45. The van der Waals surface area contributed by atoms with Gasteiger partial charge in [-0.15, -0.1) is 11.3 Å². The van der Waals surface area contributed by atoms with Crippen LogP contribution >= 0.6 is 34.5 Å². The van der Waals surface area contributed by atoms with Gasteiger partial charge < -0.3 is 9.73 Å². The number of nitrogens with one attached hydrogen (secondary N) is 2. The molecule has 0 radical (unpaired) electrons. The Balaban J connectivity index is 1.81. The van der Waals surface area contributed by atoms with Gasteiger partial charge in [0.05, 0.1) is 35.0 Å². The number of hydrogen-bond donors (Lipinski definition) is 2. The summed E-state index contributed by atoms with van der Waals surface area (Å²) in [7, 11) is -3.98. The molecule has 10 heteroatoms. The zero-order chi connectivity index (χ0) is 19.4. The Morgan fingerprint density at radius 1 is 1.11 bits per heavy atom. The SMILES string of the molecule is O=C(NCc1cccs1)c1cc(S(=O)(=O)NCc2ccco2)c(Cl)cc1Cl. The van der Waals surface area contributed by atoms with Crippen molar-refractivity contribution in [3.8, 4) is 0 Å². The van der Waals surface area contributed by atoms with Crippen molar-refractivity contribution in [3.63, 3.8) is 0 Å². The number of amides is 1. The third kappa shape index (κ3) is 4.91. The molecule has 0 saturated heterocycles. The zero-order valence-electron chi connectivity index (χ0n) is 13.7. The van der Waals surface area contributed by atoms with E-state index in [2.05, 4.69) is 10.0 Å². The molecule has 142 valence electrons. The lowest BCUT2D eigenvalue weighted by molar-refractivity contribution is 0.0951. The van der Waals surface area contributed by atoms with E-state index in [1.807, 2.05) is 17.5 Å². The molecular formula is C17H14Cl2N2O4S2. The molecule has 2 N–H and O–H groups in total. The largest absolute Gasteiger partial charge is 0.468 e. The summed E-state index contributed by atoms with van der Waals surface area (Å²) in [4.78, 5) is 13.2. The smallest absolute Gasteiger partial charge is 0.253 e. The standard InChI is InChI=1S/C17H14Cl2N2O4S2/c18-14-8-15(19)16(27(23,24)21-9-11-3-1-5-25-11)7-13(14)17(22)20-10-12-4-2-6-26-12/h1-8,21H,9-10H2,(H,20,22). The average Bonchev–Trinajstić information content (AvgIpc) is 3.31. The normalized spacial score (nSPS) is 11.5. The van der Waals surface area contributed by atoms with Crippen LogP contribution in [0.25, 0.3) is 0 Å². The molecule has 2 heterocycles. The van der Waals surface area contributed by atoms with Crippen LogP contribution in [0.4, 0.5) is 0 Å². The number of halogens is 2. The third-order valence-electron chi connectivity index (χ3n) is 3.58. The highest BCUT2D eigenvalue weighted by molar-refractivity contribution is 7.89. The summed E-state index contributed by atoms with van der Waals surface area (Å²) >= 11 is 13.6. The fourth-order valence-corrected chi connectivity index (χ4v) is 4.74. The monoisotopic (exact) mass is 444 g/mol. The fraction of sp³-hybridized carbons (Fsp3) is 0.118. The molecule has 0 saturated carbocycles. The Morgan fingerprint density at radius 3 is 2.59 bits per heavy atom. The molecule has 27 heavy (non-hydrogen) atoms. The zero-order valence-corrected chi connectivity index (χ0v) is 16.9. The summed E-state index contributed by atoms with van der Waals surface area (Å²) in [5.41, 5.74) is 0.0241. The first-order valence-electron chi connectivity index (χ1n) is 7.68. The number of rotatable bonds is 7. The molecule has 3 aromatic rings. The van der Waals surface area contributed by atoms with Gasteiger partial charge in [0.25, 0.3) is 5.91 Å². The molecule has 1 amide bonds. The van der Waals surface area contributed by atoms with Gasteiger partial charge in [-0.1, -0.05) is 29.3 Å². The van der Waals surface area contributed by atoms with E-state index in [1.54, 1.807) is 12.1 Å². The van der Waals surface area contributed by atoms with Crippen LogP contribution in [-0.4, -0.2) is 14.3 Å². The van der Waals surface area contributed by atoms with Gasteiger partial charge >= 0.3 is 0 Å². The van der Waals surface area contributed by atoms with Crippen molar-refractivity contribution in [1.29, 1.82) is 0 Å². The van der Waals surface area contributed by atoms with Gasteiger partial charge in [0.1, 0.15) is 10.7 Å². The van der Waals surface area contributed by atoms with E-state index in [9.17, 15) is 13.2 Å². The minimum atomic E-state index is -3.98.